The highest BCUT2D eigenvalue weighted by molar-refractivity contribution is 7.99. The van der Waals surface area contributed by atoms with Gasteiger partial charge in [-0.15, -0.1) is 11.8 Å². The fourth-order valence-electron chi connectivity index (χ4n) is 1.25. The molecule has 0 aromatic heterocycles. The zero-order valence-electron chi connectivity index (χ0n) is 9.66. The van der Waals surface area contributed by atoms with Gasteiger partial charge in [0.15, 0.2) is 0 Å². The van der Waals surface area contributed by atoms with Gasteiger partial charge in [0.05, 0.1) is 12.7 Å². The van der Waals surface area contributed by atoms with E-state index in [-0.39, 0.29) is 5.97 Å². The fraction of sp³-hybridized carbons (Fsp3) is 0.417. The topological polar surface area (TPSA) is 52.3 Å². The molecule has 0 unspecified atom stereocenters. The molecule has 0 fully saturated rings. The van der Waals surface area contributed by atoms with Crippen LogP contribution in [-0.4, -0.2) is 18.8 Å². The first-order valence-electron chi connectivity index (χ1n) is 5.29. The minimum Gasteiger partial charge on any atom is -0.465 e. The summed E-state index contributed by atoms with van der Waals surface area (Å²) >= 11 is 1.72. The summed E-state index contributed by atoms with van der Waals surface area (Å²) in [5, 5.41) is 0. The van der Waals surface area contributed by atoms with Crippen molar-refractivity contribution in [3.05, 3.63) is 23.8 Å². The molecule has 88 valence electrons. The smallest absolute Gasteiger partial charge is 0.337 e. The zero-order chi connectivity index (χ0) is 12.0. The van der Waals surface area contributed by atoms with Gasteiger partial charge in [-0.1, -0.05) is 13.3 Å². The van der Waals surface area contributed by atoms with Gasteiger partial charge >= 0.3 is 5.97 Å². The molecule has 1 rings (SSSR count). The normalized spacial score (nSPS) is 10.1. The van der Waals surface area contributed by atoms with Crippen molar-refractivity contribution in [2.24, 2.45) is 0 Å². The molecule has 0 spiro atoms. The van der Waals surface area contributed by atoms with Crippen molar-refractivity contribution in [2.45, 2.75) is 24.7 Å². The van der Waals surface area contributed by atoms with Gasteiger partial charge in [-0.2, -0.15) is 0 Å². The Morgan fingerprint density at radius 1 is 1.50 bits per heavy atom. The van der Waals surface area contributed by atoms with Crippen LogP contribution in [0.4, 0.5) is 5.69 Å². The van der Waals surface area contributed by atoms with Crippen LogP contribution < -0.4 is 5.73 Å². The van der Waals surface area contributed by atoms with Gasteiger partial charge in [-0.25, -0.2) is 4.79 Å². The van der Waals surface area contributed by atoms with Crippen molar-refractivity contribution >= 4 is 23.4 Å². The van der Waals surface area contributed by atoms with E-state index in [4.69, 9.17) is 5.73 Å². The molecule has 2 N–H and O–H groups in total. The average Bonchev–Trinajstić information content (AvgIpc) is 2.30. The molecule has 0 aliphatic rings. The third kappa shape index (κ3) is 3.45. The van der Waals surface area contributed by atoms with E-state index in [0.29, 0.717) is 11.3 Å². The number of hydrogen-bond donors (Lipinski definition) is 1. The number of rotatable bonds is 5. The Labute approximate surface area is 100 Å². The Bertz CT molecular complexity index is 366. The van der Waals surface area contributed by atoms with Crippen LogP contribution in [0.2, 0.25) is 0 Å². The molecule has 0 radical (unpaired) electrons. The number of ether oxygens (including phenoxy) is 1. The molecule has 0 amide bonds. The van der Waals surface area contributed by atoms with Crippen LogP contribution in [-0.2, 0) is 4.74 Å². The summed E-state index contributed by atoms with van der Waals surface area (Å²) in [5.74, 6) is 0.704. The second kappa shape index (κ2) is 6.43. The van der Waals surface area contributed by atoms with E-state index < -0.39 is 0 Å². The van der Waals surface area contributed by atoms with Crippen LogP contribution in [0.25, 0.3) is 0 Å². The number of carbonyl (C=O) groups is 1. The third-order valence-corrected chi connectivity index (χ3v) is 3.36. The lowest BCUT2D eigenvalue weighted by molar-refractivity contribution is 0.0600. The number of nitrogen functional groups attached to an aromatic ring is 1. The molecule has 0 atom stereocenters. The van der Waals surface area contributed by atoms with Crippen molar-refractivity contribution in [2.75, 3.05) is 18.6 Å². The van der Waals surface area contributed by atoms with Gasteiger partial charge in [0.2, 0.25) is 0 Å². The molecule has 3 nitrogen and oxygen atoms in total. The summed E-state index contributed by atoms with van der Waals surface area (Å²) in [5.41, 5.74) is 7.01. The average molecular weight is 239 g/mol. The van der Waals surface area contributed by atoms with E-state index in [1.165, 1.54) is 20.0 Å². The molecule has 0 bridgehead atoms. The van der Waals surface area contributed by atoms with E-state index in [1.54, 1.807) is 23.9 Å². The maximum atomic E-state index is 11.3. The zero-order valence-corrected chi connectivity index (χ0v) is 10.5. The maximum Gasteiger partial charge on any atom is 0.337 e. The molecule has 1 aromatic rings. The summed E-state index contributed by atoms with van der Waals surface area (Å²) in [6.45, 7) is 2.16. The van der Waals surface area contributed by atoms with Crippen LogP contribution in [0.15, 0.2) is 23.1 Å². The van der Waals surface area contributed by atoms with Crippen molar-refractivity contribution in [1.29, 1.82) is 0 Å². The van der Waals surface area contributed by atoms with E-state index in [9.17, 15) is 4.79 Å². The Balaban J connectivity index is 2.71. The molecular formula is C12H17NO2S. The van der Waals surface area contributed by atoms with Crippen molar-refractivity contribution in [1.82, 2.24) is 0 Å². The van der Waals surface area contributed by atoms with Gasteiger partial charge in [-0.3, -0.25) is 0 Å². The quantitative estimate of drug-likeness (QED) is 0.371. The lowest BCUT2D eigenvalue weighted by Crippen LogP contribution is -2.02. The number of nitrogens with two attached hydrogens (primary N) is 1. The van der Waals surface area contributed by atoms with E-state index in [1.807, 2.05) is 6.07 Å². The molecule has 0 aliphatic carbocycles. The first-order valence-corrected chi connectivity index (χ1v) is 6.28. The van der Waals surface area contributed by atoms with Crippen LogP contribution in [0.5, 0.6) is 0 Å². The number of esters is 1. The highest BCUT2D eigenvalue weighted by Crippen LogP contribution is 2.26. The molecule has 0 aliphatic heterocycles. The van der Waals surface area contributed by atoms with Crippen molar-refractivity contribution < 1.29 is 9.53 Å². The Morgan fingerprint density at radius 2 is 2.25 bits per heavy atom. The van der Waals surface area contributed by atoms with Crippen molar-refractivity contribution in [3.8, 4) is 0 Å². The highest BCUT2D eigenvalue weighted by Gasteiger charge is 2.07. The van der Waals surface area contributed by atoms with Crippen LogP contribution >= 0.6 is 11.8 Å². The fourth-order valence-corrected chi connectivity index (χ4v) is 2.29. The Morgan fingerprint density at radius 3 is 2.81 bits per heavy atom. The molecule has 0 saturated carbocycles. The first-order chi connectivity index (χ1) is 7.69. The lowest BCUT2D eigenvalue weighted by Gasteiger charge is -2.06. The summed E-state index contributed by atoms with van der Waals surface area (Å²) in [4.78, 5) is 12.3. The summed E-state index contributed by atoms with van der Waals surface area (Å²) in [7, 11) is 1.36. The third-order valence-electron chi connectivity index (χ3n) is 2.19. The molecular weight excluding hydrogens is 222 g/mol. The summed E-state index contributed by atoms with van der Waals surface area (Å²) in [6.07, 6.45) is 2.34. The molecule has 0 heterocycles. The number of anilines is 1. The minimum atomic E-state index is -0.350. The van der Waals surface area contributed by atoms with Gasteiger partial charge in [0, 0.05) is 10.6 Å². The van der Waals surface area contributed by atoms with Crippen molar-refractivity contribution in [3.63, 3.8) is 0 Å². The maximum absolute atomic E-state index is 11.3. The van der Waals surface area contributed by atoms with E-state index >= 15 is 0 Å². The van der Waals surface area contributed by atoms with Crippen LogP contribution in [0.1, 0.15) is 30.1 Å². The van der Waals surface area contributed by atoms with Gasteiger partial charge < -0.3 is 10.5 Å². The second-order valence-corrected chi connectivity index (χ2v) is 4.58. The number of hydrogen-bond acceptors (Lipinski definition) is 4. The molecule has 16 heavy (non-hydrogen) atoms. The number of benzene rings is 1. The summed E-state index contributed by atoms with van der Waals surface area (Å²) < 4.78 is 4.63. The lowest BCUT2D eigenvalue weighted by atomic mass is 10.2. The standard InChI is InChI=1S/C12H17NO2S/c1-3-4-7-16-11-6-5-9(8-10(11)13)12(14)15-2/h5-6,8H,3-4,7,13H2,1-2H3. The van der Waals surface area contributed by atoms with Gasteiger partial charge in [0.1, 0.15) is 0 Å². The van der Waals surface area contributed by atoms with Crippen LogP contribution in [0.3, 0.4) is 0 Å². The highest BCUT2D eigenvalue weighted by atomic mass is 32.2. The predicted molar refractivity (Wildman–Crippen MR) is 67.8 cm³/mol. The first kappa shape index (κ1) is 12.9. The largest absolute Gasteiger partial charge is 0.465 e. The Kier molecular flexibility index (Phi) is 5.19. The SMILES string of the molecule is CCCCSc1ccc(C(=O)OC)cc1N. The monoisotopic (exact) mass is 239 g/mol. The molecule has 4 heteroatoms. The summed E-state index contributed by atoms with van der Waals surface area (Å²) in [6, 6.07) is 5.29. The van der Waals surface area contributed by atoms with Gasteiger partial charge in [0.25, 0.3) is 0 Å². The minimum absolute atomic E-state index is 0.350. The van der Waals surface area contributed by atoms with Crippen LogP contribution in [0, 0.1) is 0 Å². The predicted octanol–water partition coefficient (Wildman–Crippen LogP) is 2.95. The number of carbonyl (C=O) groups excluding carboxylic acids is 1. The van der Waals surface area contributed by atoms with E-state index in [0.717, 1.165) is 10.6 Å². The Hall–Kier alpha value is -1.16. The number of methoxy groups -OCH3 is 1. The molecule has 1 aromatic carbocycles. The van der Waals surface area contributed by atoms with Gasteiger partial charge in [-0.05, 0) is 30.4 Å². The number of thioether (sulfide) groups is 1. The second-order valence-electron chi connectivity index (χ2n) is 3.45. The van der Waals surface area contributed by atoms with E-state index in [2.05, 4.69) is 11.7 Å². The number of unbranched alkanes of at least 4 members (excludes halogenated alkanes) is 1. The molecule has 0 saturated heterocycles.